The van der Waals surface area contributed by atoms with Gasteiger partial charge in [0.2, 0.25) is 0 Å². The van der Waals surface area contributed by atoms with E-state index in [0.717, 1.165) is 32.1 Å². The smallest absolute Gasteiger partial charge is 0.191 e. The summed E-state index contributed by atoms with van der Waals surface area (Å²) in [6.45, 7) is 7.46. The largest absolute Gasteiger partial charge is 0.355 e. The van der Waals surface area contributed by atoms with E-state index in [9.17, 15) is 0 Å². The Labute approximate surface area is 151 Å². The lowest BCUT2D eigenvalue weighted by atomic mass is 10.0. The van der Waals surface area contributed by atoms with E-state index in [4.69, 9.17) is 0 Å². The topological polar surface area (TPSA) is 44.6 Å². The predicted molar refractivity (Wildman–Crippen MR) is 104 cm³/mol. The molecule has 6 heteroatoms. The van der Waals surface area contributed by atoms with Crippen LogP contribution < -0.4 is 10.6 Å². The number of guanidine groups is 1. The van der Waals surface area contributed by atoms with Gasteiger partial charge in [0.15, 0.2) is 5.96 Å². The Morgan fingerprint density at radius 1 is 1.23 bits per heavy atom. The Morgan fingerprint density at radius 2 is 2.00 bits per heavy atom. The second-order valence-corrected chi connectivity index (χ2v) is 5.58. The predicted octanol–water partition coefficient (Wildman–Crippen LogP) is 2.15. The molecule has 1 aromatic rings. The zero-order valence-corrected chi connectivity index (χ0v) is 16.1. The van der Waals surface area contributed by atoms with E-state index in [1.54, 1.807) is 0 Å². The van der Waals surface area contributed by atoms with Crippen molar-refractivity contribution in [3.05, 3.63) is 24.5 Å². The van der Waals surface area contributed by atoms with Crippen molar-refractivity contribution in [2.45, 2.75) is 38.8 Å². The van der Waals surface area contributed by atoms with Gasteiger partial charge in [-0.15, -0.1) is 24.0 Å². The van der Waals surface area contributed by atoms with Crippen LogP contribution in [0.4, 0.5) is 0 Å². The molecule has 2 heterocycles. The third-order valence-electron chi connectivity index (χ3n) is 4.21. The number of hydrogen-bond donors (Lipinski definition) is 2. The number of likely N-dealkylation sites (N-methyl/N-ethyl adjacent to an activating group) is 1. The van der Waals surface area contributed by atoms with Crippen molar-refractivity contribution < 1.29 is 0 Å². The van der Waals surface area contributed by atoms with Crippen LogP contribution in [0.1, 0.15) is 26.2 Å². The van der Waals surface area contributed by atoms with Crippen LogP contribution in [0.25, 0.3) is 0 Å². The van der Waals surface area contributed by atoms with Crippen LogP contribution in [0.5, 0.6) is 0 Å². The molecule has 1 aromatic heterocycles. The summed E-state index contributed by atoms with van der Waals surface area (Å²) in [5, 5.41) is 6.85. The average molecular weight is 419 g/mol. The Bertz CT molecular complexity index is 418. The SMILES string of the molecule is CCN1CCCCC1CNC(=NC)NCCn1cccc1.I. The molecule has 1 fully saturated rings. The van der Waals surface area contributed by atoms with Crippen LogP contribution in [0.15, 0.2) is 29.5 Å². The Balaban J connectivity index is 0.00000242. The molecular weight excluding hydrogens is 389 g/mol. The standard InChI is InChI=1S/C16H29N5.HI/c1-3-21-12-5-4-8-15(21)14-19-16(17-2)18-9-13-20-10-6-7-11-20;/h6-7,10-11,15H,3-5,8-9,12-14H2,1-2H3,(H2,17,18,19);1H. The van der Waals surface area contributed by atoms with Crippen molar-refractivity contribution in [3.8, 4) is 0 Å². The second kappa shape index (κ2) is 10.9. The summed E-state index contributed by atoms with van der Waals surface area (Å²) >= 11 is 0. The maximum absolute atomic E-state index is 4.31. The van der Waals surface area contributed by atoms with Crippen molar-refractivity contribution in [2.75, 3.05) is 33.2 Å². The molecule has 0 saturated carbocycles. The highest BCUT2D eigenvalue weighted by Gasteiger charge is 2.20. The highest BCUT2D eigenvalue weighted by Crippen LogP contribution is 2.15. The summed E-state index contributed by atoms with van der Waals surface area (Å²) in [6.07, 6.45) is 8.15. The molecule has 5 nitrogen and oxygen atoms in total. The van der Waals surface area contributed by atoms with Gasteiger partial charge >= 0.3 is 0 Å². The molecule has 1 atom stereocenters. The van der Waals surface area contributed by atoms with E-state index < -0.39 is 0 Å². The zero-order chi connectivity index (χ0) is 14.9. The maximum atomic E-state index is 4.31. The minimum absolute atomic E-state index is 0. The van der Waals surface area contributed by atoms with Crippen molar-refractivity contribution >= 4 is 29.9 Å². The molecule has 0 aliphatic carbocycles. The molecule has 1 unspecified atom stereocenters. The van der Waals surface area contributed by atoms with E-state index in [-0.39, 0.29) is 24.0 Å². The quantitative estimate of drug-likeness (QED) is 0.422. The molecule has 1 aliphatic heterocycles. The number of nitrogens with one attached hydrogen (secondary N) is 2. The monoisotopic (exact) mass is 419 g/mol. The normalized spacial score (nSPS) is 19.5. The maximum Gasteiger partial charge on any atom is 0.191 e. The highest BCUT2D eigenvalue weighted by molar-refractivity contribution is 14.0. The number of rotatable bonds is 6. The lowest BCUT2D eigenvalue weighted by Crippen LogP contribution is -2.49. The van der Waals surface area contributed by atoms with Crippen LogP contribution >= 0.6 is 24.0 Å². The average Bonchev–Trinajstić information content (AvgIpc) is 3.04. The molecule has 0 spiro atoms. The number of aromatic nitrogens is 1. The summed E-state index contributed by atoms with van der Waals surface area (Å²) in [6, 6.07) is 4.75. The second-order valence-electron chi connectivity index (χ2n) is 5.58. The van der Waals surface area contributed by atoms with Gasteiger partial charge in [-0.2, -0.15) is 0 Å². The minimum Gasteiger partial charge on any atom is -0.355 e. The molecule has 2 N–H and O–H groups in total. The van der Waals surface area contributed by atoms with Gasteiger partial charge in [0.1, 0.15) is 0 Å². The van der Waals surface area contributed by atoms with Crippen LogP contribution in [0, 0.1) is 0 Å². The molecule has 2 rings (SSSR count). The lowest BCUT2D eigenvalue weighted by molar-refractivity contribution is 0.157. The lowest BCUT2D eigenvalue weighted by Gasteiger charge is -2.35. The van der Waals surface area contributed by atoms with Gasteiger partial charge in [-0.1, -0.05) is 13.3 Å². The van der Waals surface area contributed by atoms with E-state index in [0.29, 0.717) is 6.04 Å². The summed E-state index contributed by atoms with van der Waals surface area (Å²) in [4.78, 5) is 6.88. The van der Waals surface area contributed by atoms with Crippen LogP contribution in [0.2, 0.25) is 0 Å². The molecular formula is C16H30IN5. The minimum atomic E-state index is 0. The van der Waals surface area contributed by atoms with Crippen molar-refractivity contribution in [1.29, 1.82) is 0 Å². The fourth-order valence-corrected chi connectivity index (χ4v) is 2.97. The molecule has 22 heavy (non-hydrogen) atoms. The third-order valence-corrected chi connectivity index (χ3v) is 4.21. The Kier molecular flexibility index (Phi) is 9.54. The number of halogens is 1. The van der Waals surface area contributed by atoms with Crippen LogP contribution in [-0.2, 0) is 6.54 Å². The number of likely N-dealkylation sites (tertiary alicyclic amines) is 1. The first kappa shape index (κ1) is 19.3. The molecule has 1 saturated heterocycles. The van der Waals surface area contributed by atoms with Gasteiger partial charge in [-0.05, 0) is 38.1 Å². The molecule has 0 aromatic carbocycles. The molecule has 1 aliphatic rings. The van der Waals surface area contributed by atoms with E-state index in [1.165, 1.54) is 25.8 Å². The zero-order valence-electron chi connectivity index (χ0n) is 13.8. The summed E-state index contributed by atoms with van der Waals surface area (Å²) in [5.41, 5.74) is 0. The van der Waals surface area contributed by atoms with E-state index >= 15 is 0 Å². The molecule has 0 radical (unpaired) electrons. The van der Waals surface area contributed by atoms with Crippen molar-refractivity contribution in [3.63, 3.8) is 0 Å². The van der Waals surface area contributed by atoms with Gasteiger partial charge < -0.3 is 15.2 Å². The van der Waals surface area contributed by atoms with Gasteiger partial charge in [-0.25, -0.2) is 0 Å². The molecule has 126 valence electrons. The summed E-state index contributed by atoms with van der Waals surface area (Å²) in [5.74, 6) is 0.906. The number of nitrogens with zero attached hydrogens (tertiary/aromatic N) is 3. The van der Waals surface area contributed by atoms with E-state index in [1.807, 2.05) is 7.05 Å². The first-order valence-electron chi connectivity index (χ1n) is 8.12. The summed E-state index contributed by atoms with van der Waals surface area (Å²) in [7, 11) is 1.84. The van der Waals surface area contributed by atoms with Gasteiger partial charge in [0, 0.05) is 45.1 Å². The van der Waals surface area contributed by atoms with Crippen molar-refractivity contribution in [2.24, 2.45) is 4.99 Å². The Hall–Kier alpha value is -0.760. The first-order valence-corrected chi connectivity index (χ1v) is 8.12. The van der Waals surface area contributed by atoms with Gasteiger partial charge in [-0.3, -0.25) is 9.89 Å². The molecule has 0 amide bonds. The third kappa shape index (κ3) is 6.16. The number of aliphatic imine (C=N–C) groups is 1. The van der Waals surface area contributed by atoms with E-state index in [2.05, 4.69) is 56.5 Å². The van der Waals surface area contributed by atoms with Crippen LogP contribution in [0.3, 0.4) is 0 Å². The van der Waals surface area contributed by atoms with Crippen LogP contribution in [-0.4, -0.2) is 54.7 Å². The fourth-order valence-electron chi connectivity index (χ4n) is 2.97. The summed E-state index contributed by atoms with van der Waals surface area (Å²) < 4.78 is 2.17. The molecule has 0 bridgehead atoms. The number of hydrogen-bond acceptors (Lipinski definition) is 2. The highest BCUT2D eigenvalue weighted by atomic mass is 127. The van der Waals surface area contributed by atoms with Crippen molar-refractivity contribution in [1.82, 2.24) is 20.1 Å². The van der Waals surface area contributed by atoms with Gasteiger partial charge in [0.05, 0.1) is 0 Å². The fraction of sp³-hybridized carbons (Fsp3) is 0.688. The first-order chi connectivity index (χ1) is 10.3. The number of piperidine rings is 1. The Morgan fingerprint density at radius 3 is 2.68 bits per heavy atom. The van der Waals surface area contributed by atoms with Gasteiger partial charge in [0.25, 0.3) is 0 Å².